The number of aromatic hydroxyl groups is 1. The van der Waals surface area contributed by atoms with E-state index in [-0.39, 0.29) is 23.8 Å². The van der Waals surface area contributed by atoms with Crippen LogP contribution >= 0.6 is 0 Å². The minimum atomic E-state index is -0.176. The second-order valence-corrected chi connectivity index (χ2v) is 7.46. The standard InChI is InChI=1S/C20H30N2O3/c23-17-8-5-15(6-9-17)7-10-20(25)21-16-11-13-22(14-12-16)18-3-1-2-4-19(18)24/h5-6,8-9,16,18-19,23-24H,1-4,7,10-14H2,(H,21,25). The molecule has 1 aliphatic heterocycles. The molecule has 1 aromatic rings. The Morgan fingerprint density at radius 1 is 1.08 bits per heavy atom. The molecule has 138 valence electrons. The van der Waals surface area contributed by atoms with Crippen molar-refractivity contribution in [1.82, 2.24) is 10.2 Å². The van der Waals surface area contributed by atoms with Gasteiger partial charge in [0.05, 0.1) is 6.10 Å². The number of phenols is 1. The predicted molar refractivity (Wildman–Crippen MR) is 97.4 cm³/mol. The van der Waals surface area contributed by atoms with Crippen molar-refractivity contribution in [3.63, 3.8) is 0 Å². The Kier molecular flexibility index (Phi) is 6.32. The zero-order valence-electron chi connectivity index (χ0n) is 14.9. The number of aliphatic hydroxyl groups is 1. The van der Waals surface area contributed by atoms with Gasteiger partial charge in [-0.25, -0.2) is 0 Å². The van der Waals surface area contributed by atoms with Gasteiger partial charge in [0.2, 0.25) is 5.91 Å². The molecule has 25 heavy (non-hydrogen) atoms. The van der Waals surface area contributed by atoms with E-state index in [9.17, 15) is 15.0 Å². The van der Waals surface area contributed by atoms with Gasteiger partial charge in [0.15, 0.2) is 0 Å². The first-order valence-electron chi connectivity index (χ1n) is 9.61. The van der Waals surface area contributed by atoms with Gasteiger partial charge in [-0.3, -0.25) is 9.69 Å². The van der Waals surface area contributed by atoms with E-state index in [0.29, 0.717) is 18.9 Å². The molecular weight excluding hydrogens is 316 g/mol. The van der Waals surface area contributed by atoms with Crippen molar-refractivity contribution in [2.75, 3.05) is 13.1 Å². The summed E-state index contributed by atoms with van der Waals surface area (Å²) in [6, 6.07) is 7.60. The first kappa shape index (κ1) is 18.2. The van der Waals surface area contributed by atoms with Gasteiger partial charge in [-0.05, 0) is 49.8 Å². The van der Waals surface area contributed by atoms with Crippen molar-refractivity contribution in [3.05, 3.63) is 29.8 Å². The minimum Gasteiger partial charge on any atom is -0.508 e. The van der Waals surface area contributed by atoms with E-state index < -0.39 is 0 Å². The molecule has 2 aliphatic rings. The zero-order chi connectivity index (χ0) is 17.6. The van der Waals surface area contributed by atoms with Gasteiger partial charge in [0.1, 0.15) is 5.75 Å². The van der Waals surface area contributed by atoms with E-state index in [1.807, 2.05) is 12.1 Å². The molecule has 1 aromatic carbocycles. The molecule has 3 rings (SSSR count). The molecule has 0 bridgehead atoms. The Morgan fingerprint density at radius 3 is 2.44 bits per heavy atom. The first-order chi connectivity index (χ1) is 12.1. The third-order valence-corrected chi connectivity index (χ3v) is 5.63. The Labute approximate surface area is 150 Å². The van der Waals surface area contributed by atoms with Crippen molar-refractivity contribution < 1.29 is 15.0 Å². The maximum absolute atomic E-state index is 12.2. The van der Waals surface area contributed by atoms with E-state index in [1.54, 1.807) is 12.1 Å². The number of likely N-dealkylation sites (tertiary alicyclic amines) is 1. The molecule has 0 radical (unpaired) electrons. The van der Waals surface area contributed by atoms with E-state index in [4.69, 9.17) is 0 Å². The lowest BCUT2D eigenvalue weighted by atomic mass is 9.89. The molecule has 2 atom stereocenters. The van der Waals surface area contributed by atoms with Crippen LogP contribution in [-0.2, 0) is 11.2 Å². The number of hydrogen-bond acceptors (Lipinski definition) is 4. The lowest BCUT2D eigenvalue weighted by Crippen LogP contribution is -2.52. The minimum absolute atomic E-state index is 0.101. The Morgan fingerprint density at radius 2 is 1.76 bits per heavy atom. The molecule has 5 heteroatoms. The molecule has 1 amide bonds. The van der Waals surface area contributed by atoms with Gasteiger partial charge in [-0.2, -0.15) is 0 Å². The highest BCUT2D eigenvalue weighted by Gasteiger charge is 2.31. The normalized spacial score (nSPS) is 25.6. The van der Waals surface area contributed by atoms with Crippen LogP contribution in [0, 0.1) is 0 Å². The molecule has 1 saturated heterocycles. The van der Waals surface area contributed by atoms with Crippen LogP contribution in [0.5, 0.6) is 5.75 Å². The third-order valence-electron chi connectivity index (χ3n) is 5.63. The van der Waals surface area contributed by atoms with Gasteiger partial charge in [-0.15, -0.1) is 0 Å². The van der Waals surface area contributed by atoms with Gasteiger partial charge in [-0.1, -0.05) is 25.0 Å². The van der Waals surface area contributed by atoms with Crippen molar-refractivity contribution >= 4 is 5.91 Å². The number of aliphatic hydroxyl groups excluding tert-OH is 1. The average Bonchev–Trinajstić information content (AvgIpc) is 2.62. The number of aryl methyl sites for hydroxylation is 1. The van der Waals surface area contributed by atoms with Gasteiger partial charge in [0.25, 0.3) is 0 Å². The highest BCUT2D eigenvalue weighted by Crippen LogP contribution is 2.26. The van der Waals surface area contributed by atoms with Crippen molar-refractivity contribution in [3.8, 4) is 5.75 Å². The summed E-state index contributed by atoms with van der Waals surface area (Å²) in [5.41, 5.74) is 1.06. The summed E-state index contributed by atoms with van der Waals surface area (Å²) in [5, 5.41) is 22.6. The summed E-state index contributed by atoms with van der Waals surface area (Å²) in [6.07, 6.45) is 7.32. The largest absolute Gasteiger partial charge is 0.508 e. The van der Waals surface area contributed by atoms with Gasteiger partial charge < -0.3 is 15.5 Å². The lowest BCUT2D eigenvalue weighted by Gasteiger charge is -2.41. The fourth-order valence-electron chi connectivity index (χ4n) is 4.11. The first-order valence-corrected chi connectivity index (χ1v) is 9.61. The van der Waals surface area contributed by atoms with Crippen LogP contribution in [0.1, 0.15) is 50.5 Å². The number of carbonyl (C=O) groups is 1. The maximum Gasteiger partial charge on any atom is 0.220 e. The fraction of sp³-hybridized carbons (Fsp3) is 0.650. The number of amides is 1. The molecule has 1 aliphatic carbocycles. The highest BCUT2D eigenvalue weighted by atomic mass is 16.3. The van der Waals surface area contributed by atoms with Crippen LogP contribution in [0.25, 0.3) is 0 Å². The molecule has 0 aromatic heterocycles. The molecule has 1 saturated carbocycles. The van der Waals surface area contributed by atoms with E-state index in [0.717, 1.165) is 50.8 Å². The van der Waals surface area contributed by atoms with Crippen molar-refractivity contribution in [1.29, 1.82) is 0 Å². The summed E-state index contributed by atoms with van der Waals surface area (Å²) < 4.78 is 0. The summed E-state index contributed by atoms with van der Waals surface area (Å²) in [5.74, 6) is 0.354. The van der Waals surface area contributed by atoms with Crippen LogP contribution in [0.4, 0.5) is 0 Å². The number of carbonyl (C=O) groups excluding carboxylic acids is 1. The number of nitrogens with zero attached hydrogens (tertiary/aromatic N) is 1. The molecule has 2 fully saturated rings. The lowest BCUT2D eigenvalue weighted by molar-refractivity contribution is -0.122. The number of rotatable bonds is 5. The average molecular weight is 346 g/mol. The Hall–Kier alpha value is -1.59. The summed E-state index contributed by atoms with van der Waals surface area (Å²) in [6.45, 7) is 1.93. The quantitative estimate of drug-likeness (QED) is 0.764. The predicted octanol–water partition coefficient (Wildman–Crippen LogP) is 2.21. The molecule has 0 spiro atoms. The SMILES string of the molecule is O=C(CCc1ccc(O)cc1)NC1CCN(C2CCCCC2O)CC1. The summed E-state index contributed by atoms with van der Waals surface area (Å²) in [4.78, 5) is 14.6. The molecule has 2 unspecified atom stereocenters. The molecular formula is C20H30N2O3. The second-order valence-electron chi connectivity index (χ2n) is 7.46. The number of phenolic OH excluding ortho intramolecular Hbond substituents is 1. The number of hydrogen-bond donors (Lipinski definition) is 3. The van der Waals surface area contributed by atoms with Gasteiger partial charge in [0, 0.05) is 31.6 Å². The number of benzene rings is 1. The molecule has 5 nitrogen and oxygen atoms in total. The zero-order valence-corrected chi connectivity index (χ0v) is 14.9. The molecule has 3 N–H and O–H groups in total. The van der Waals surface area contributed by atoms with E-state index in [2.05, 4.69) is 10.2 Å². The van der Waals surface area contributed by atoms with Crippen LogP contribution in [-0.4, -0.2) is 52.3 Å². The smallest absolute Gasteiger partial charge is 0.220 e. The summed E-state index contributed by atoms with van der Waals surface area (Å²) >= 11 is 0. The number of nitrogens with one attached hydrogen (secondary N) is 1. The van der Waals surface area contributed by atoms with Crippen molar-refractivity contribution in [2.24, 2.45) is 0 Å². The maximum atomic E-state index is 12.2. The third kappa shape index (κ3) is 5.19. The van der Waals surface area contributed by atoms with E-state index in [1.165, 1.54) is 6.42 Å². The van der Waals surface area contributed by atoms with Gasteiger partial charge >= 0.3 is 0 Å². The topological polar surface area (TPSA) is 72.8 Å². The number of piperidine rings is 1. The van der Waals surface area contributed by atoms with Crippen LogP contribution in [0.15, 0.2) is 24.3 Å². The van der Waals surface area contributed by atoms with Crippen LogP contribution in [0.2, 0.25) is 0 Å². The van der Waals surface area contributed by atoms with E-state index >= 15 is 0 Å². The molecule has 1 heterocycles. The Balaban J connectivity index is 1.38. The highest BCUT2D eigenvalue weighted by molar-refractivity contribution is 5.76. The van der Waals surface area contributed by atoms with Crippen molar-refractivity contribution in [2.45, 2.75) is 69.6 Å². The monoisotopic (exact) mass is 346 g/mol. The Bertz CT molecular complexity index is 553. The fourth-order valence-corrected chi connectivity index (χ4v) is 4.11. The van der Waals surface area contributed by atoms with Crippen LogP contribution < -0.4 is 5.32 Å². The summed E-state index contributed by atoms with van der Waals surface area (Å²) in [7, 11) is 0. The van der Waals surface area contributed by atoms with Crippen LogP contribution in [0.3, 0.4) is 0 Å². The second kappa shape index (κ2) is 8.68.